The van der Waals surface area contributed by atoms with E-state index in [1.54, 1.807) is 0 Å². The number of allylic oxidation sites excluding steroid dienone is 2. The van der Waals surface area contributed by atoms with Crippen molar-refractivity contribution >= 4 is 23.2 Å². The Morgan fingerprint density at radius 1 is 1.11 bits per heavy atom. The molecule has 0 saturated carbocycles. The van der Waals surface area contributed by atoms with Crippen molar-refractivity contribution in [3.05, 3.63) is 54.0 Å². The van der Waals surface area contributed by atoms with E-state index < -0.39 is 0 Å². The fourth-order valence-corrected chi connectivity index (χ4v) is 2.57. The average Bonchev–Trinajstić information content (AvgIpc) is 2.82. The summed E-state index contributed by atoms with van der Waals surface area (Å²) in [4.78, 5) is 0. The molecule has 3 rings (SSSR count). The van der Waals surface area contributed by atoms with E-state index in [0.29, 0.717) is 5.92 Å². The standard InChI is InChI=1S/C13H13.2CH3Cl.Hf/c1-3-7-12-10(5-1)9-11-6-2-4-8-13(11)12;2*1-2;/h1,3-5,7-9,11,13H,2,6H2;2*1H3;/q-1;;;. The fraction of sp³-hybridized carbons (Fsp3) is 0.400. The van der Waals surface area contributed by atoms with Crippen LogP contribution in [0.15, 0.2) is 36.4 Å². The van der Waals surface area contributed by atoms with E-state index >= 15 is 0 Å². The van der Waals surface area contributed by atoms with E-state index in [-0.39, 0.29) is 25.8 Å². The third-order valence-corrected chi connectivity index (χ3v) is 3.22. The van der Waals surface area contributed by atoms with Gasteiger partial charge in [-0.15, -0.1) is 40.9 Å². The van der Waals surface area contributed by atoms with Crippen LogP contribution in [-0.4, -0.2) is 12.8 Å². The summed E-state index contributed by atoms with van der Waals surface area (Å²) in [5, 5.41) is 0. The van der Waals surface area contributed by atoms with Gasteiger partial charge < -0.3 is 0 Å². The molecule has 0 N–H and O–H groups in total. The van der Waals surface area contributed by atoms with Crippen LogP contribution in [0.3, 0.4) is 0 Å². The Labute approximate surface area is 140 Å². The van der Waals surface area contributed by atoms with Crippen LogP contribution in [0.1, 0.15) is 29.9 Å². The molecule has 0 aromatic heterocycles. The first-order valence-corrected chi connectivity index (χ1v) is 7.32. The summed E-state index contributed by atoms with van der Waals surface area (Å²) >= 11 is 9.28. The van der Waals surface area contributed by atoms with Crippen LogP contribution in [0.5, 0.6) is 0 Å². The molecule has 1 aromatic rings. The number of hydrogen-bond acceptors (Lipinski definition) is 0. The topological polar surface area (TPSA) is 0 Å². The third-order valence-electron chi connectivity index (χ3n) is 3.22. The van der Waals surface area contributed by atoms with Gasteiger partial charge in [-0.3, -0.25) is 0 Å². The van der Waals surface area contributed by atoms with Crippen molar-refractivity contribution in [2.24, 2.45) is 5.92 Å². The third kappa shape index (κ3) is 4.15. The van der Waals surface area contributed by atoms with Gasteiger partial charge in [0.2, 0.25) is 0 Å². The first kappa shape index (κ1) is 18.3. The van der Waals surface area contributed by atoms with Crippen molar-refractivity contribution < 1.29 is 25.8 Å². The molecule has 0 aliphatic heterocycles. The molecule has 1 aromatic carbocycles. The molecule has 0 saturated heterocycles. The Bertz CT molecular complexity index is 363. The second-order valence-corrected chi connectivity index (χ2v) is 3.99. The Morgan fingerprint density at radius 3 is 2.50 bits per heavy atom. The minimum atomic E-state index is 0. The van der Waals surface area contributed by atoms with Crippen LogP contribution in [-0.2, 0) is 25.8 Å². The van der Waals surface area contributed by atoms with E-state index in [9.17, 15) is 0 Å². The summed E-state index contributed by atoms with van der Waals surface area (Å²) in [5.74, 6) is 1.47. The Kier molecular flexibility index (Phi) is 10.3. The summed E-state index contributed by atoms with van der Waals surface area (Å²) in [5.41, 5.74) is 2.99. The molecule has 2 atom stereocenters. The molecule has 0 bridgehead atoms. The number of halogens is 2. The van der Waals surface area contributed by atoms with E-state index in [0.717, 1.165) is 5.92 Å². The zero-order valence-electron chi connectivity index (χ0n) is 10.9. The SMILES string of the molecule is C1=CC2c3ccccc3[CH-]C2CC1.CCl.CCl.[Hf]. The molecule has 98 valence electrons. The molecule has 2 aliphatic rings. The molecule has 0 fully saturated rings. The molecule has 18 heavy (non-hydrogen) atoms. The maximum atomic E-state index is 4.64. The summed E-state index contributed by atoms with van der Waals surface area (Å²) in [6, 6.07) is 8.79. The first-order valence-electron chi connectivity index (χ1n) is 5.81. The van der Waals surface area contributed by atoms with Gasteiger partial charge in [0, 0.05) is 38.6 Å². The smallest absolute Gasteiger partial charge is 0.0108 e. The average molecular weight is 449 g/mol. The first-order chi connectivity index (χ1) is 8.45. The van der Waals surface area contributed by atoms with Gasteiger partial charge in [-0.2, -0.15) is 18.1 Å². The molecule has 2 aliphatic carbocycles. The Hall–Kier alpha value is 0.280. The molecular formula is C15H19Cl2Hf-. The van der Waals surface area contributed by atoms with Crippen LogP contribution >= 0.6 is 23.2 Å². The van der Waals surface area contributed by atoms with Crippen molar-refractivity contribution in [3.63, 3.8) is 0 Å². The fourth-order valence-electron chi connectivity index (χ4n) is 2.57. The summed E-state index contributed by atoms with van der Waals surface area (Å²) in [7, 11) is 0. The number of benzene rings is 1. The van der Waals surface area contributed by atoms with Crippen molar-refractivity contribution in [3.8, 4) is 0 Å². The molecule has 0 nitrogen and oxygen atoms in total. The van der Waals surface area contributed by atoms with E-state index in [1.165, 1.54) is 36.7 Å². The molecule has 0 spiro atoms. The van der Waals surface area contributed by atoms with Gasteiger partial charge >= 0.3 is 0 Å². The normalized spacial score (nSPS) is 21.8. The zero-order valence-corrected chi connectivity index (χ0v) is 16.0. The molecule has 2 unspecified atom stereocenters. The van der Waals surface area contributed by atoms with Crippen LogP contribution in [0.4, 0.5) is 0 Å². The largest absolute Gasteiger partial charge is 0.188 e. The number of hydrogen-bond donors (Lipinski definition) is 0. The van der Waals surface area contributed by atoms with Gasteiger partial charge in [-0.05, 0) is 12.3 Å². The number of alkyl halides is 2. The summed E-state index contributed by atoms with van der Waals surface area (Å²) in [6.07, 6.45) is 12.7. The van der Waals surface area contributed by atoms with Crippen molar-refractivity contribution in [1.82, 2.24) is 0 Å². The predicted molar refractivity (Wildman–Crippen MR) is 78.0 cm³/mol. The van der Waals surface area contributed by atoms with E-state index in [4.69, 9.17) is 0 Å². The molecule has 0 heterocycles. The van der Waals surface area contributed by atoms with Crippen molar-refractivity contribution in [2.45, 2.75) is 18.8 Å². The quantitative estimate of drug-likeness (QED) is 0.227. The van der Waals surface area contributed by atoms with Gasteiger partial charge in [0.15, 0.2) is 0 Å². The van der Waals surface area contributed by atoms with Gasteiger partial charge in [0.25, 0.3) is 0 Å². The number of rotatable bonds is 0. The maximum absolute atomic E-state index is 4.64. The summed E-state index contributed by atoms with van der Waals surface area (Å²) in [6.45, 7) is 0. The zero-order chi connectivity index (χ0) is 12.7. The molecule has 3 heteroatoms. The molecule has 0 amide bonds. The van der Waals surface area contributed by atoms with Gasteiger partial charge in [-0.1, -0.05) is 30.6 Å². The number of fused-ring (bicyclic) bond motifs is 3. The monoisotopic (exact) mass is 449 g/mol. The van der Waals surface area contributed by atoms with Crippen molar-refractivity contribution in [2.75, 3.05) is 12.8 Å². The molecule has 0 radical (unpaired) electrons. The predicted octanol–water partition coefficient (Wildman–Crippen LogP) is 5.01. The molecular weight excluding hydrogens is 430 g/mol. The minimum absolute atomic E-state index is 0. The van der Waals surface area contributed by atoms with Crippen LogP contribution in [0.2, 0.25) is 0 Å². The maximum Gasteiger partial charge on any atom is 0.0108 e. The van der Waals surface area contributed by atoms with Crippen molar-refractivity contribution in [1.29, 1.82) is 0 Å². The second-order valence-electron chi connectivity index (χ2n) is 3.99. The van der Waals surface area contributed by atoms with Gasteiger partial charge in [0.05, 0.1) is 0 Å². The minimum Gasteiger partial charge on any atom is -0.188 e. The van der Waals surface area contributed by atoms with Gasteiger partial charge in [-0.25, -0.2) is 0 Å². The Morgan fingerprint density at radius 2 is 1.78 bits per heavy atom. The van der Waals surface area contributed by atoms with E-state index in [1.807, 2.05) is 0 Å². The summed E-state index contributed by atoms with van der Waals surface area (Å²) < 4.78 is 0. The van der Waals surface area contributed by atoms with E-state index in [2.05, 4.69) is 66.0 Å². The van der Waals surface area contributed by atoms with Gasteiger partial charge in [0.1, 0.15) is 0 Å². The van der Waals surface area contributed by atoms with Crippen LogP contribution in [0, 0.1) is 12.3 Å². The Balaban J connectivity index is 0.000000531. The second kappa shape index (κ2) is 10.1. The van der Waals surface area contributed by atoms with Crippen LogP contribution in [0.25, 0.3) is 0 Å². The van der Waals surface area contributed by atoms with Crippen LogP contribution < -0.4 is 0 Å².